The van der Waals surface area contributed by atoms with E-state index in [1.165, 1.54) is 4.90 Å². The first kappa shape index (κ1) is 21.6. The minimum Gasteiger partial charge on any atom is -0.507 e. The van der Waals surface area contributed by atoms with Gasteiger partial charge < -0.3 is 14.7 Å². The molecule has 4 rings (SSSR count). The van der Waals surface area contributed by atoms with Crippen molar-refractivity contribution in [3.63, 3.8) is 0 Å². The smallest absolute Gasteiger partial charge is 0.295 e. The quantitative estimate of drug-likeness (QED) is 0.334. The number of amides is 1. The summed E-state index contributed by atoms with van der Waals surface area (Å²) in [5, 5.41) is 11.5. The number of Topliss-reactive ketones (excluding diaryl/α,β-unsaturated/α-hetero) is 1. The fourth-order valence-corrected chi connectivity index (χ4v) is 4.00. The number of halogens is 1. The van der Waals surface area contributed by atoms with Crippen molar-refractivity contribution in [2.75, 3.05) is 6.61 Å². The van der Waals surface area contributed by atoms with Gasteiger partial charge in [-0.05, 0) is 48.4 Å². The first-order valence-electron chi connectivity index (χ1n) is 10.2. The zero-order chi connectivity index (χ0) is 22.7. The molecule has 1 aliphatic heterocycles. The molecule has 6 nitrogen and oxygen atoms in total. The molecule has 1 aliphatic rings. The van der Waals surface area contributed by atoms with E-state index in [4.69, 9.17) is 16.3 Å². The molecule has 1 unspecified atom stereocenters. The molecule has 0 aliphatic carbocycles. The van der Waals surface area contributed by atoms with Crippen molar-refractivity contribution in [1.29, 1.82) is 0 Å². The maximum absolute atomic E-state index is 13.1. The number of aliphatic hydroxyl groups is 1. The Labute approximate surface area is 190 Å². The van der Waals surface area contributed by atoms with Gasteiger partial charge in [-0.15, -0.1) is 0 Å². The van der Waals surface area contributed by atoms with Crippen molar-refractivity contribution in [1.82, 2.24) is 9.88 Å². The van der Waals surface area contributed by atoms with E-state index in [9.17, 15) is 14.7 Å². The van der Waals surface area contributed by atoms with Gasteiger partial charge in [0.2, 0.25) is 0 Å². The molecule has 1 saturated heterocycles. The van der Waals surface area contributed by atoms with E-state index in [0.717, 1.165) is 5.56 Å². The summed E-state index contributed by atoms with van der Waals surface area (Å²) in [6.07, 6.45) is 3.25. The predicted octanol–water partition coefficient (Wildman–Crippen LogP) is 4.76. The summed E-state index contributed by atoms with van der Waals surface area (Å²) in [6, 6.07) is 16.8. The summed E-state index contributed by atoms with van der Waals surface area (Å²) in [4.78, 5) is 31.6. The van der Waals surface area contributed by atoms with Crippen LogP contribution in [0.5, 0.6) is 5.75 Å². The van der Waals surface area contributed by atoms with E-state index in [0.29, 0.717) is 17.9 Å². The van der Waals surface area contributed by atoms with E-state index in [1.807, 2.05) is 37.3 Å². The normalized spacial score (nSPS) is 17.6. The molecule has 1 aromatic heterocycles. The average molecular weight is 449 g/mol. The number of carbonyl (C=O) groups is 2. The molecule has 0 spiro atoms. The van der Waals surface area contributed by atoms with Crippen LogP contribution < -0.4 is 4.74 Å². The molecule has 1 atom stereocenters. The lowest BCUT2D eigenvalue weighted by Gasteiger charge is -2.25. The van der Waals surface area contributed by atoms with Crippen LogP contribution in [0.15, 0.2) is 78.6 Å². The van der Waals surface area contributed by atoms with Crippen LogP contribution in [-0.2, 0) is 16.1 Å². The van der Waals surface area contributed by atoms with Gasteiger partial charge in [0.1, 0.15) is 11.5 Å². The minimum absolute atomic E-state index is 0.00851. The zero-order valence-corrected chi connectivity index (χ0v) is 18.1. The molecule has 1 N–H and O–H groups in total. The Balaban J connectivity index is 1.87. The second kappa shape index (κ2) is 9.24. The third kappa shape index (κ3) is 4.09. The third-order valence-electron chi connectivity index (χ3n) is 5.26. The predicted molar refractivity (Wildman–Crippen MR) is 121 cm³/mol. The summed E-state index contributed by atoms with van der Waals surface area (Å²) in [7, 11) is 0. The molecule has 0 bridgehead atoms. The van der Waals surface area contributed by atoms with E-state index >= 15 is 0 Å². The van der Waals surface area contributed by atoms with E-state index in [2.05, 4.69) is 4.98 Å². The van der Waals surface area contributed by atoms with Crippen LogP contribution in [0.3, 0.4) is 0 Å². The van der Waals surface area contributed by atoms with Gasteiger partial charge in [0.25, 0.3) is 11.7 Å². The second-order valence-electron chi connectivity index (χ2n) is 7.27. The third-order valence-corrected chi connectivity index (χ3v) is 5.59. The Morgan fingerprint density at radius 3 is 2.50 bits per heavy atom. The molecule has 1 amide bonds. The summed E-state index contributed by atoms with van der Waals surface area (Å²) < 4.78 is 5.51. The minimum atomic E-state index is -0.767. The Bertz CT molecular complexity index is 1180. The number of ether oxygens (including phenoxy) is 1. The van der Waals surface area contributed by atoms with Crippen LogP contribution in [0.4, 0.5) is 0 Å². The van der Waals surface area contributed by atoms with Crippen molar-refractivity contribution < 1.29 is 19.4 Å². The Hall–Kier alpha value is -3.64. The number of ketones is 1. The van der Waals surface area contributed by atoms with Crippen LogP contribution in [-0.4, -0.2) is 33.3 Å². The first-order valence-corrected chi connectivity index (χ1v) is 10.5. The lowest BCUT2D eigenvalue weighted by atomic mass is 9.95. The number of hydrogen-bond donors (Lipinski definition) is 1. The summed E-state index contributed by atoms with van der Waals surface area (Å²) >= 11 is 6.35. The number of aromatic nitrogens is 1. The van der Waals surface area contributed by atoms with Crippen molar-refractivity contribution in [3.05, 3.63) is 100 Å². The number of nitrogens with zero attached hydrogens (tertiary/aromatic N) is 2. The molecule has 32 heavy (non-hydrogen) atoms. The van der Waals surface area contributed by atoms with Crippen molar-refractivity contribution in [2.45, 2.75) is 19.5 Å². The number of carbonyl (C=O) groups excluding carboxylic acids is 2. The fraction of sp³-hybridized carbons (Fsp3) is 0.160. The van der Waals surface area contributed by atoms with Gasteiger partial charge in [-0.25, -0.2) is 0 Å². The Morgan fingerprint density at radius 1 is 1.09 bits per heavy atom. The molecular formula is C25H21ClN2O4. The number of likely N-dealkylation sites (tertiary alicyclic amines) is 1. The van der Waals surface area contributed by atoms with Gasteiger partial charge in [0.15, 0.2) is 0 Å². The highest BCUT2D eigenvalue weighted by atomic mass is 35.5. The van der Waals surface area contributed by atoms with Gasteiger partial charge in [0.05, 0.1) is 23.2 Å². The van der Waals surface area contributed by atoms with E-state index in [1.54, 1.807) is 42.7 Å². The topological polar surface area (TPSA) is 79.7 Å². The maximum Gasteiger partial charge on any atom is 0.295 e. The standard InChI is InChI=1S/C25H21ClN2O4/c1-2-32-18-8-9-20(26)19(14-18)23(29)21-22(17-6-4-3-5-7-17)28(25(31)24(21)30)15-16-10-12-27-13-11-16/h3-14,22,29H,2,15H2,1H3/b23-21+. The maximum atomic E-state index is 13.1. The van der Waals surface area contributed by atoms with Crippen molar-refractivity contribution >= 4 is 29.1 Å². The van der Waals surface area contributed by atoms with E-state index in [-0.39, 0.29) is 28.5 Å². The number of benzene rings is 2. The van der Waals surface area contributed by atoms with Crippen molar-refractivity contribution in [2.24, 2.45) is 0 Å². The highest BCUT2D eigenvalue weighted by Gasteiger charge is 2.46. The van der Waals surface area contributed by atoms with Gasteiger partial charge in [-0.1, -0.05) is 41.9 Å². The number of rotatable bonds is 6. The molecular weight excluding hydrogens is 428 g/mol. The molecule has 3 aromatic rings. The molecule has 1 fully saturated rings. The second-order valence-corrected chi connectivity index (χ2v) is 7.68. The molecule has 2 heterocycles. The average Bonchev–Trinajstić information content (AvgIpc) is 3.06. The lowest BCUT2D eigenvalue weighted by molar-refractivity contribution is -0.140. The highest BCUT2D eigenvalue weighted by molar-refractivity contribution is 6.47. The van der Waals surface area contributed by atoms with E-state index < -0.39 is 17.7 Å². The monoisotopic (exact) mass is 448 g/mol. The molecule has 2 aromatic carbocycles. The van der Waals surface area contributed by atoms with Crippen LogP contribution in [0.25, 0.3) is 5.76 Å². The van der Waals surface area contributed by atoms with Crippen LogP contribution in [0, 0.1) is 0 Å². The van der Waals surface area contributed by atoms with Crippen LogP contribution in [0.2, 0.25) is 5.02 Å². The Kier molecular flexibility index (Phi) is 6.23. The van der Waals surface area contributed by atoms with Gasteiger partial charge in [-0.2, -0.15) is 0 Å². The summed E-state index contributed by atoms with van der Waals surface area (Å²) in [6.45, 7) is 2.46. The first-order chi connectivity index (χ1) is 15.5. The highest BCUT2D eigenvalue weighted by Crippen LogP contribution is 2.41. The van der Waals surface area contributed by atoms with Crippen LogP contribution in [0.1, 0.15) is 29.7 Å². The number of hydrogen-bond acceptors (Lipinski definition) is 5. The largest absolute Gasteiger partial charge is 0.507 e. The van der Waals surface area contributed by atoms with Gasteiger partial charge >= 0.3 is 0 Å². The van der Waals surface area contributed by atoms with Crippen molar-refractivity contribution in [3.8, 4) is 5.75 Å². The number of pyridine rings is 1. The fourth-order valence-electron chi connectivity index (χ4n) is 3.80. The molecule has 162 valence electrons. The van der Waals surface area contributed by atoms with Gasteiger partial charge in [0, 0.05) is 24.5 Å². The summed E-state index contributed by atoms with van der Waals surface area (Å²) in [5.74, 6) is -1.28. The summed E-state index contributed by atoms with van der Waals surface area (Å²) in [5.41, 5.74) is 1.75. The SMILES string of the molecule is CCOc1ccc(Cl)c(/C(O)=C2\C(=O)C(=O)N(Cc3ccncc3)C2c2ccccc2)c1. The molecule has 0 radical (unpaired) electrons. The van der Waals surface area contributed by atoms with Gasteiger partial charge in [-0.3, -0.25) is 14.6 Å². The molecule has 0 saturated carbocycles. The zero-order valence-electron chi connectivity index (χ0n) is 17.4. The lowest BCUT2D eigenvalue weighted by Crippen LogP contribution is -2.29. The number of aliphatic hydroxyl groups excluding tert-OH is 1. The van der Waals surface area contributed by atoms with Crippen LogP contribution >= 0.6 is 11.6 Å². The molecule has 7 heteroatoms. The Morgan fingerprint density at radius 2 is 1.81 bits per heavy atom.